The minimum absolute atomic E-state index is 0. The molecular weight excluding hydrogens is 198 g/mol. The predicted octanol–water partition coefficient (Wildman–Crippen LogP) is 1.73. The molecule has 1 saturated heterocycles. The Morgan fingerprint density at radius 2 is 2.00 bits per heavy atom. The standard InChI is InChI=1S/C11H15NO.ClH/c12-8-11(6-7-13-9-11)10-4-2-1-3-5-10;/h1-5H,6-9,12H2;1H. The monoisotopic (exact) mass is 213 g/mol. The number of ether oxygens (including phenoxy) is 1. The minimum Gasteiger partial charge on any atom is -0.380 e. The molecule has 0 radical (unpaired) electrons. The van der Waals surface area contributed by atoms with Crippen LogP contribution in [0, 0.1) is 0 Å². The van der Waals surface area contributed by atoms with Gasteiger partial charge in [0.25, 0.3) is 0 Å². The first-order valence-corrected chi connectivity index (χ1v) is 4.71. The zero-order valence-corrected chi connectivity index (χ0v) is 8.93. The lowest BCUT2D eigenvalue weighted by Gasteiger charge is -2.25. The van der Waals surface area contributed by atoms with Gasteiger partial charge < -0.3 is 10.5 Å². The first-order valence-electron chi connectivity index (χ1n) is 4.71. The van der Waals surface area contributed by atoms with Crippen molar-refractivity contribution in [1.29, 1.82) is 0 Å². The summed E-state index contributed by atoms with van der Waals surface area (Å²) in [4.78, 5) is 0. The number of rotatable bonds is 2. The molecule has 1 unspecified atom stereocenters. The van der Waals surface area contributed by atoms with E-state index in [0.29, 0.717) is 6.54 Å². The van der Waals surface area contributed by atoms with Gasteiger partial charge in [-0.3, -0.25) is 0 Å². The molecule has 1 aliphatic rings. The normalized spacial score (nSPS) is 25.8. The van der Waals surface area contributed by atoms with Gasteiger partial charge in [-0.1, -0.05) is 30.3 Å². The molecule has 2 nitrogen and oxygen atoms in total. The summed E-state index contributed by atoms with van der Waals surface area (Å²) in [6, 6.07) is 10.4. The highest BCUT2D eigenvalue weighted by atomic mass is 35.5. The Labute approximate surface area is 90.9 Å². The van der Waals surface area contributed by atoms with E-state index in [1.807, 2.05) is 6.07 Å². The molecule has 0 bridgehead atoms. The lowest BCUT2D eigenvalue weighted by molar-refractivity contribution is 0.178. The van der Waals surface area contributed by atoms with E-state index in [1.54, 1.807) is 0 Å². The van der Waals surface area contributed by atoms with Crippen LogP contribution in [-0.4, -0.2) is 19.8 Å². The average Bonchev–Trinajstić information content (AvgIpc) is 2.69. The smallest absolute Gasteiger partial charge is 0.0575 e. The van der Waals surface area contributed by atoms with Crippen molar-refractivity contribution in [2.75, 3.05) is 19.8 Å². The third-order valence-electron chi connectivity index (χ3n) is 2.88. The second-order valence-corrected chi connectivity index (χ2v) is 3.65. The Balaban J connectivity index is 0.000000980. The van der Waals surface area contributed by atoms with E-state index < -0.39 is 0 Å². The Bertz CT molecular complexity index is 270. The van der Waals surface area contributed by atoms with Gasteiger partial charge in [0.05, 0.1) is 6.61 Å². The van der Waals surface area contributed by atoms with Crippen LogP contribution < -0.4 is 5.73 Å². The van der Waals surface area contributed by atoms with Gasteiger partial charge >= 0.3 is 0 Å². The highest BCUT2D eigenvalue weighted by Gasteiger charge is 2.34. The Morgan fingerprint density at radius 3 is 2.50 bits per heavy atom. The molecule has 0 spiro atoms. The second-order valence-electron chi connectivity index (χ2n) is 3.65. The van der Waals surface area contributed by atoms with Crippen LogP contribution in [0.3, 0.4) is 0 Å². The van der Waals surface area contributed by atoms with Gasteiger partial charge in [-0.15, -0.1) is 12.4 Å². The number of benzene rings is 1. The maximum Gasteiger partial charge on any atom is 0.0575 e. The molecule has 14 heavy (non-hydrogen) atoms. The van der Waals surface area contributed by atoms with Crippen molar-refractivity contribution in [3.05, 3.63) is 35.9 Å². The van der Waals surface area contributed by atoms with Crippen LogP contribution in [0.2, 0.25) is 0 Å². The van der Waals surface area contributed by atoms with Gasteiger partial charge in [-0.2, -0.15) is 0 Å². The third-order valence-corrected chi connectivity index (χ3v) is 2.88. The molecule has 1 fully saturated rings. The van der Waals surface area contributed by atoms with E-state index >= 15 is 0 Å². The van der Waals surface area contributed by atoms with E-state index in [1.165, 1.54) is 5.56 Å². The Morgan fingerprint density at radius 1 is 1.29 bits per heavy atom. The molecule has 1 heterocycles. The summed E-state index contributed by atoms with van der Waals surface area (Å²) in [5.74, 6) is 0. The highest BCUT2D eigenvalue weighted by Crippen LogP contribution is 2.31. The largest absolute Gasteiger partial charge is 0.380 e. The van der Waals surface area contributed by atoms with E-state index in [0.717, 1.165) is 19.6 Å². The van der Waals surface area contributed by atoms with Crippen LogP contribution in [0.25, 0.3) is 0 Å². The summed E-state index contributed by atoms with van der Waals surface area (Å²) in [6.45, 7) is 2.29. The fraction of sp³-hybridized carbons (Fsp3) is 0.455. The van der Waals surface area contributed by atoms with Crippen molar-refractivity contribution in [1.82, 2.24) is 0 Å². The van der Waals surface area contributed by atoms with Gasteiger partial charge in [0, 0.05) is 18.6 Å². The first kappa shape index (κ1) is 11.5. The first-order chi connectivity index (χ1) is 6.37. The predicted molar refractivity (Wildman–Crippen MR) is 59.9 cm³/mol. The SMILES string of the molecule is Cl.NCC1(c2ccccc2)CCOC1. The molecule has 1 atom stereocenters. The molecule has 2 rings (SSSR count). The maximum absolute atomic E-state index is 5.82. The van der Waals surface area contributed by atoms with Crippen LogP contribution >= 0.6 is 12.4 Å². The van der Waals surface area contributed by atoms with E-state index in [9.17, 15) is 0 Å². The fourth-order valence-corrected chi connectivity index (χ4v) is 1.91. The quantitative estimate of drug-likeness (QED) is 0.812. The van der Waals surface area contributed by atoms with Crippen LogP contribution in [-0.2, 0) is 10.2 Å². The van der Waals surface area contributed by atoms with Crippen LogP contribution in [0.4, 0.5) is 0 Å². The summed E-state index contributed by atoms with van der Waals surface area (Å²) in [7, 11) is 0. The summed E-state index contributed by atoms with van der Waals surface area (Å²) in [5, 5.41) is 0. The molecule has 1 aliphatic heterocycles. The Hall–Kier alpha value is -0.570. The molecule has 0 aliphatic carbocycles. The molecule has 1 aromatic carbocycles. The van der Waals surface area contributed by atoms with Gasteiger partial charge in [-0.25, -0.2) is 0 Å². The lowest BCUT2D eigenvalue weighted by atomic mass is 9.80. The summed E-state index contributed by atoms with van der Waals surface area (Å²) < 4.78 is 5.43. The number of halogens is 1. The van der Waals surface area contributed by atoms with Gasteiger partial charge in [-0.05, 0) is 12.0 Å². The highest BCUT2D eigenvalue weighted by molar-refractivity contribution is 5.85. The van der Waals surface area contributed by atoms with Gasteiger partial charge in [0.1, 0.15) is 0 Å². The zero-order valence-electron chi connectivity index (χ0n) is 8.11. The molecule has 0 amide bonds. The van der Waals surface area contributed by atoms with Gasteiger partial charge in [0.2, 0.25) is 0 Å². The number of nitrogens with two attached hydrogens (primary N) is 1. The maximum atomic E-state index is 5.82. The van der Waals surface area contributed by atoms with Crippen LogP contribution in [0.5, 0.6) is 0 Å². The molecule has 2 N–H and O–H groups in total. The van der Waals surface area contributed by atoms with Crippen LogP contribution in [0.1, 0.15) is 12.0 Å². The Kier molecular flexibility index (Phi) is 3.93. The molecule has 78 valence electrons. The summed E-state index contributed by atoms with van der Waals surface area (Å²) in [5.41, 5.74) is 7.22. The van der Waals surface area contributed by atoms with Crippen molar-refractivity contribution >= 4 is 12.4 Å². The number of hydrogen-bond donors (Lipinski definition) is 1. The van der Waals surface area contributed by atoms with Crippen LogP contribution in [0.15, 0.2) is 30.3 Å². The summed E-state index contributed by atoms with van der Waals surface area (Å²) in [6.07, 6.45) is 1.05. The summed E-state index contributed by atoms with van der Waals surface area (Å²) >= 11 is 0. The van der Waals surface area contributed by atoms with Crippen molar-refractivity contribution in [2.45, 2.75) is 11.8 Å². The van der Waals surface area contributed by atoms with Gasteiger partial charge in [0.15, 0.2) is 0 Å². The number of hydrogen-bond acceptors (Lipinski definition) is 2. The van der Waals surface area contributed by atoms with Crippen molar-refractivity contribution in [3.63, 3.8) is 0 Å². The lowest BCUT2D eigenvalue weighted by Crippen LogP contribution is -2.35. The minimum atomic E-state index is 0. The average molecular weight is 214 g/mol. The van der Waals surface area contributed by atoms with Crippen molar-refractivity contribution in [3.8, 4) is 0 Å². The van der Waals surface area contributed by atoms with E-state index in [-0.39, 0.29) is 17.8 Å². The fourth-order valence-electron chi connectivity index (χ4n) is 1.91. The zero-order chi connectivity index (χ0) is 9.15. The van der Waals surface area contributed by atoms with Crippen molar-refractivity contribution in [2.24, 2.45) is 5.73 Å². The molecule has 0 saturated carbocycles. The molecule has 1 aromatic rings. The topological polar surface area (TPSA) is 35.2 Å². The molecule has 3 heteroatoms. The third kappa shape index (κ3) is 1.92. The van der Waals surface area contributed by atoms with E-state index in [2.05, 4.69) is 24.3 Å². The second kappa shape index (κ2) is 4.78. The molecule has 0 aromatic heterocycles. The van der Waals surface area contributed by atoms with E-state index in [4.69, 9.17) is 10.5 Å². The molecular formula is C11H16ClNO. The van der Waals surface area contributed by atoms with Crippen molar-refractivity contribution < 1.29 is 4.74 Å².